The van der Waals surface area contributed by atoms with Gasteiger partial charge >= 0.3 is 0 Å². The number of rotatable bonds is 6. The summed E-state index contributed by atoms with van der Waals surface area (Å²) < 4.78 is 35.1. The largest absolute Gasteiger partial charge is 0.491 e. The van der Waals surface area contributed by atoms with Gasteiger partial charge in [0.2, 0.25) is 0 Å². The molecule has 2 aromatic carbocycles. The Kier molecular flexibility index (Phi) is 6.24. The van der Waals surface area contributed by atoms with Crippen molar-refractivity contribution in [3.05, 3.63) is 69.6 Å². The normalized spacial score (nSPS) is 14.4. The number of benzene rings is 2. The van der Waals surface area contributed by atoms with Gasteiger partial charge in [0.05, 0.1) is 23.7 Å². The number of ether oxygens (including phenoxy) is 1. The van der Waals surface area contributed by atoms with E-state index in [-0.39, 0.29) is 18.2 Å². The summed E-state index contributed by atoms with van der Waals surface area (Å²) in [6.45, 7) is 6.30. The van der Waals surface area contributed by atoms with Crippen LogP contribution < -0.4 is 10.2 Å². The molecule has 0 aromatic heterocycles. The van der Waals surface area contributed by atoms with Gasteiger partial charge in [0, 0.05) is 40.5 Å². The van der Waals surface area contributed by atoms with Crippen molar-refractivity contribution in [2.24, 2.45) is 5.92 Å². The maximum atomic E-state index is 14.3. The molecule has 0 radical (unpaired) electrons. The van der Waals surface area contributed by atoms with Gasteiger partial charge in [0.15, 0.2) is 0 Å². The molecule has 148 valence electrons. The number of fused-ring (bicyclic) bond motifs is 1. The molecule has 2 N–H and O–H groups in total. The molecule has 3 rings (SSSR count). The molecule has 1 atom stereocenters. The lowest BCUT2D eigenvalue weighted by molar-refractivity contribution is 0.135. The Bertz CT molecular complexity index is 946. The van der Waals surface area contributed by atoms with Crippen molar-refractivity contribution in [2.75, 3.05) is 30.5 Å². The van der Waals surface area contributed by atoms with E-state index in [4.69, 9.17) is 4.74 Å². The van der Waals surface area contributed by atoms with Crippen LogP contribution in [0, 0.1) is 21.1 Å². The summed E-state index contributed by atoms with van der Waals surface area (Å²) in [4.78, 5) is 1.74. The first-order valence-corrected chi connectivity index (χ1v) is 9.81. The third kappa shape index (κ3) is 4.30. The quantitative estimate of drug-likeness (QED) is 0.534. The van der Waals surface area contributed by atoms with Crippen LogP contribution in [0.25, 0.3) is 5.57 Å². The van der Waals surface area contributed by atoms with Crippen molar-refractivity contribution in [3.8, 4) is 0 Å². The minimum atomic E-state index is -0.446. The number of allylic oxidation sites excluding steroid dienone is 1. The predicted molar refractivity (Wildman–Crippen MR) is 117 cm³/mol. The van der Waals surface area contributed by atoms with Gasteiger partial charge in [-0.05, 0) is 52.9 Å². The Morgan fingerprint density at radius 2 is 2.00 bits per heavy atom. The highest BCUT2D eigenvalue weighted by molar-refractivity contribution is 14.1. The molecule has 0 saturated heterocycles. The lowest BCUT2D eigenvalue weighted by Gasteiger charge is -2.30. The second-order valence-corrected chi connectivity index (χ2v) is 8.02. The highest BCUT2D eigenvalue weighted by Gasteiger charge is 2.25. The molecule has 0 fully saturated rings. The molecular formula is C21H21F2IN2O2. The fourth-order valence-electron chi connectivity index (χ4n) is 2.88. The monoisotopic (exact) mass is 498 g/mol. The number of aliphatic hydroxyl groups is 1. The first-order chi connectivity index (χ1) is 13.3. The molecule has 0 spiro atoms. The van der Waals surface area contributed by atoms with Gasteiger partial charge in [-0.1, -0.05) is 13.5 Å². The van der Waals surface area contributed by atoms with E-state index in [9.17, 15) is 13.9 Å². The SMILES string of the molecule is C=C1C(OC[C@@H](C)CO)=CN(C)c2cc(F)cc(Nc3ccc(I)cc3F)c21. The molecule has 0 amide bonds. The molecule has 0 bridgehead atoms. The standard InChI is InChI=1S/C21H21F2IN2O2/c1-12(10-27)11-28-20-9-26(3)19-7-14(22)6-18(21(19)13(20)2)25-17-5-4-15(24)8-16(17)23/h4-9,12,25,27H,2,10-11H2,1,3H3/t12-/m0/s1. The van der Waals surface area contributed by atoms with Gasteiger partial charge in [-0.3, -0.25) is 0 Å². The summed E-state index contributed by atoms with van der Waals surface area (Å²) in [7, 11) is 1.78. The lowest BCUT2D eigenvalue weighted by atomic mass is 9.97. The van der Waals surface area contributed by atoms with E-state index in [0.29, 0.717) is 34.9 Å². The predicted octanol–water partition coefficient (Wildman–Crippen LogP) is 5.26. The number of halogens is 3. The number of anilines is 3. The summed E-state index contributed by atoms with van der Waals surface area (Å²) in [6.07, 6.45) is 1.73. The van der Waals surface area contributed by atoms with Gasteiger partial charge in [0.25, 0.3) is 0 Å². The van der Waals surface area contributed by atoms with Crippen molar-refractivity contribution in [2.45, 2.75) is 6.92 Å². The van der Waals surface area contributed by atoms with E-state index in [1.165, 1.54) is 18.2 Å². The van der Waals surface area contributed by atoms with Gasteiger partial charge in [-0.2, -0.15) is 0 Å². The van der Waals surface area contributed by atoms with Crippen molar-refractivity contribution < 1.29 is 18.6 Å². The average molecular weight is 498 g/mol. The molecule has 0 saturated carbocycles. The zero-order valence-electron chi connectivity index (χ0n) is 15.6. The molecule has 1 heterocycles. The van der Waals surface area contributed by atoms with Gasteiger partial charge in [-0.25, -0.2) is 8.78 Å². The molecule has 4 nitrogen and oxygen atoms in total. The van der Waals surface area contributed by atoms with Crippen LogP contribution in [0.3, 0.4) is 0 Å². The van der Waals surface area contributed by atoms with Gasteiger partial charge in [0.1, 0.15) is 17.4 Å². The maximum Gasteiger partial charge on any atom is 0.147 e. The molecule has 0 aliphatic carbocycles. The first-order valence-electron chi connectivity index (χ1n) is 8.73. The van der Waals surface area contributed by atoms with Crippen LogP contribution in [0.1, 0.15) is 12.5 Å². The Labute approximate surface area is 176 Å². The summed E-state index contributed by atoms with van der Waals surface area (Å²) in [5.41, 5.74) is 2.44. The van der Waals surface area contributed by atoms with Crippen molar-refractivity contribution in [1.29, 1.82) is 0 Å². The molecule has 28 heavy (non-hydrogen) atoms. The fraction of sp³-hybridized carbons (Fsp3) is 0.238. The van der Waals surface area contributed by atoms with E-state index in [1.807, 2.05) is 29.5 Å². The Balaban J connectivity index is 1.98. The fourth-order valence-corrected chi connectivity index (χ4v) is 3.33. The number of hydrogen-bond donors (Lipinski definition) is 2. The zero-order chi connectivity index (χ0) is 20.4. The lowest BCUT2D eigenvalue weighted by Crippen LogP contribution is -2.20. The second kappa shape index (κ2) is 8.48. The van der Waals surface area contributed by atoms with E-state index < -0.39 is 11.6 Å². The Hall–Kier alpha value is -2.13. The average Bonchev–Trinajstić information content (AvgIpc) is 2.65. The molecule has 1 aliphatic heterocycles. The molecule has 0 unspecified atom stereocenters. The summed E-state index contributed by atoms with van der Waals surface area (Å²) in [6, 6.07) is 7.50. The van der Waals surface area contributed by atoms with Crippen LogP contribution in [0.15, 0.2) is 48.9 Å². The van der Waals surface area contributed by atoms with Crippen LogP contribution in [0.5, 0.6) is 0 Å². The van der Waals surface area contributed by atoms with Crippen LogP contribution in [0.2, 0.25) is 0 Å². The van der Waals surface area contributed by atoms with Crippen LogP contribution in [-0.4, -0.2) is 25.4 Å². The third-order valence-electron chi connectivity index (χ3n) is 4.41. The second-order valence-electron chi connectivity index (χ2n) is 6.78. The van der Waals surface area contributed by atoms with Gasteiger partial charge < -0.3 is 20.1 Å². The topological polar surface area (TPSA) is 44.7 Å². The first kappa shape index (κ1) is 20.6. The number of hydrogen-bond acceptors (Lipinski definition) is 4. The Morgan fingerprint density at radius 3 is 2.68 bits per heavy atom. The maximum absolute atomic E-state index is 14.3. The highest BCUT2D eigenvalue weighted by atomic mass is 127. The molecular weight excluding hydrogens is 477 g/mol. The molecule has 2 aromatic rings. The summed E-state index contributed by atoms with van der Waals surface area (Å²) in [5, 5.41) is 12.2. The van der Waals surface area contributed by atoms with Crippen LogP contribution in [0.4, 0.5) is 25.8 Å². The van der Waals surface area contributed by atoms with E-state index in [1.54, 1.807) is 30.3 Å². The third-order valence-corrected chi connectivity index (χ3v) is 5.08. The van der Waals surface area contributed by atoms with Crippen LogP contribution in [-0.2, 0) is 4.74 Å². The van der Waals surface area contributed by atoms with Crippen molar-refractivity contribution in [1.82, 2.24) is 0 Å². The Morgan fingerprint density at radius 1 is 1.25 bits per heavy atom. The van der Waals surface area contributed by atoms with E-state index in [0.717, 1.165) is 3.57 Å². The zero-order valence-corrected chi connectivity index (χ0v) is 17.8. The molecule has 1 aliphatic rings. The minimum Gasteiger partial charge on any atom is -0.491 e. The number of nitrogens with zero attached hydrogens (tertiary/aromatic N) is 1. The molecule has 7 heteroatoms. The highest BCUT2D eigenvalue weighted by Crippen LogP contribution is 2.42. The summed E-state index contributed by atoms with van der Waals surface area (Å²) in [5.74, 6) is -0.387. The number of aliphatic hydroxyl groups excluding tert-OH is 1. The summed E-state index contributed by atoms with van der Waals surface area (Å²) >= 11 is 2.03. The van der Waals surface area contributed by atoms with Crippen molar-refractivity contribution >= 4 is 45.2 Å². The van der Waals surface area contributed by atoms with Crippen LogP contribution >= 0.6 is 22.6 Å². The van der Waals surface area contributed by atoms with E-state index in [2.05, 4.69) is 11.9 Å². The van der Waals surface area contributed by atoms with Crippen molar-refractivity contribution in [3.63, 3.8) is 0 Å². The van der Waals surface area contributed by atoms with Gasteiger partial charge in [-0.15, -0.1) is 0 Å². The van der Waals surface area contributed by atoms with E-state index >= 15 is 0 Å². The number of nitrogens with one attached hydrogen (secondary N) is 1. The minimum absolute atomic E-state index is 0.0102. The smallest absolute Gasteiger partial charge is 0.147 e.